The van der Waals surface area contributed by atoms with E-state index in [4.69, 9.17) is 19.0 Å². The van der Waals surface area contributed by atoms with Crippen LogP contribution < -0.4 is 14.8 Å². The maximum Gasteiger partial charge on any atom is 0.247 e. The van der Waals surface area contributed by atoms with Crippen molar-refractivity contribution in [3.05, 3.63) is 68.7 Å². The van der Waals surface area contributed by atoms with Crippen molar-refractivity contribution in [3.8, 4) is 11.5 Å². The number of aldehydes is 1. The zero-order valence-corrected chi connectivity index (χ0v) is 23.5. The van der Waals surface area contributed by atoms with E-state index in [2.05, 4.69) is 5.32 Å². The molecule has 0 bridgehead atoms. The predicted molar refractivity (Wildman–Crippen MR) is 147 cm³/mol. The van der Waals surface area contributed by atoms with E-state index in [1.54, 1.807) is 26.0 Å². The van der Waals surface area contributed by atoms with Crippen LogP contribution >= 0.6 is 22.6 Å². The van der Waals surface area contributed by atoms with Gasteiger partial charge in [0.15, 0.2) is 11.5 Å². The van der Waals surface area contributed by atoms with Crippen molar-refractivity contribution >= 4 is 40.7 Å². The molecule has 0 fully saturated rings. The smallest absolute Gasteiger partial charge is 0.247 e. The molecule has 1 aliphatic rings. The number of aliphatic hydroxyl groups excluding tert-OH is 2. The summed E-state index contributed by atoms with van der Waals surface area (Å²) in [6.07, 6.45) is 4.46. The monoisotopic (exact) mass is 638 g/mol. The third-order valence-corrected chi connectivity index (χ3v) is 6.69. The van der Waals surface area contributed by atoms with Gasteiger partial charge in [-0.1, -0.05) is 5.57 Å². The van der Waals surface area contributed by atoms with E-state index in [1.165, 1.54) is 42.8 Å². The predicted octanol–water partition coefficient (Wildman–Crippen LogP) is 2.62. The van der Waals surface area contributed by atoms with E-state index >= 15 is 0 Å². The second-order valence-corrected chi connectivity index (χ2v) is 10.1. The SMILES string of the molecule is COc1cc(C=O)cc(I)c1O[C@H]1C=C(C(=O)NCCO)C[C@@H](N(Cc2ccoc2)C(=O)C=C(C)C)[C@@H]1O. The molecule has 0 saturated carbocycles. The van der Waals surface area contributed by atoms with Gasteiger partial charge in [-0.2, -0.15) is 0 Å². The van der Waals surface area contributed by atoms with Crippen molar-refractivity contribution in [1.82, 2.24) is 10.2 Å². The molecule has 3 rings (SSSR count). The fourth-order valence-corrected chi connectivity index (χ4v) is 4.86. The molecule has 1 heterocycles. The minimum absolute atomic E-state index is 0.0449. The first-order valence-corrected chi connectivity index (χ1v) is 13.0. The molecule has 204 valence electrons. The lowest BCUT2D eigenvalue weighted by Gasteiger charge is -2.40. The van der Waals surface area contributed by atoms with Crippen LogP contribution in [0.15, 0.2) is 58.4 Å². The van der Waals surface area contributed by atoms with Gasteiger partial charge in [0.1, 0.15) is 18.5 Å². The minimum atomic E-state index is -1.22. The van der Waals surface area contributed by atoms with Crippen molar-refractivity contribution in [2.24, 2.45) is 0 Å². The molecule has 1 aromatic heterocycles. The van der Waals surface area contributed by atoms with E-state index < -0.39 is 24.2 Å². The maximum atomic E-state index is 13.3. The maximum absolute atomic E-state index is 13.3. The highest BCUT2D eigenvalue weighted by atomic mass is 127. The second-order valence-electron chi connectivity index (χ2n) is 8.99. The van der Waals surface area contributed by atoms with Crippen molar-refractivity contribution in [2.45, 2.75) is 45.1 Å². The molecule has 0 aliphatic heterocycles. The van der Waals surface area contributed by atoms with E-state index in [-0.39, 0.29) is 43.5 Å². The fraction of sp³-hybridized carbons (Fsp3) is 0.370. The first kappa shape index (κ1) is 29.4. The highest BCUT2D eigenvalue weighted by Gasteiger charge is 2.40. The summed E-state index contributed by atoms with van der Waals surface area (Å²) in [5.41, 5.74) is 2.17. The zero-order valence-electron chi connectivity index (χ0n) is 21.3. The summed E-state index contributed by atoms with van der Waals surface area (Å²) in [6.45, 7) is 3.52. The average molecular weight is 638 g/mol. The van der Waals surface area contributed by atoms with Crippen LogP contribution in [0.5, 0.6) is 11.5 Å². The molecule has 2 aromatic rings. The summed E-state index contributed by atoms with van der Waals surface area (Å²) >= 11 is 2.00. The third-order valence-electron chi connectivity index (χ3n) is 5.88. The Hall–Kier alpha value is -3.16. The molecule has 1 aromatic carbocycles. The van der Waals surface area contributed by atoms with Crippen LogP contribution in [0.1, 0.15) is 36.2 Å². The second kappa shape index (κ2) is 13.6. The molecule has 3 N–H and O–H groups in total. The summed E-state index contributed by atoms with van der Waals surface area (Å²) in [6, 6.07) is 4.01. The van der Waals surface area contributed by atoms with Crippen LogP contribution in [0.2, 0.25) is 0 Å². The summed E-state index contributed by atoms with van der Waals surface area (Å²) in [4.78, 5) is 39.1. The first-order chi connectivity index (χ1) is 18.2. The Morgan fingerprint density at radius 3 is 2.68 bits per heavy atom. The highest BCUT2D eigenvalue weighted by molar-refractivity contribution is 14.1. The Morgan fingerprint density at radius 2 is 2.08 bits per heavy atom. The third kappa shape index (κ3) is 7.23. The number of hydrogen-bond acceptors (Lipinski definition) is 8. The lowest BCUT2D eigenvalue weighted by Crippen LogP contribution is -2.54. The zero-order chi connectivity index (χ0) is 27.8. The lowest BCUT2D eigenvalue weighted by atomic mass is 9.87. The van der Waals surface area contributed by atoms with Gasteiger partial charge in [-0.25, -0.2) is 0 Å². The molecule has 38 heavy (non-hydrogen) atoms. The van der Waals surface area contributed by atoms with Crippen molar-refractivity contribution in [1.29, 1.82) is 0 Å². The molecule has 0 unspecified atom stereocenters. The number of allylic oxidation sites excluding steroid dienone is 1. The number of carbonyl (C=O) groups excluding carboxylic acids is 3. The van der Waals surface area contributed by atoms with Crippen molar-refractivity contribution < 1.29 is 38.5 Å². The van der Waals surface area contributed by atoms with Crippen LogP contribution in [0.25, 0.3) is 0 Å². The van der Waals surface area contributed by atoms with Gasteiger partial charge in [0.2, 0.25) is 11.8 Å². The molecule has 0 saturated heterocycles. The number of nitrogens with zero attached hydrogens (tertiary/aromatic N) is 1. The van der Waals surface area contributed by atoms with E-state index in [0.29, 0.717) is 26.6 Å². The molecule has 10 nitrogen and oxygen atoms in total. The number of halogens is 1. The Bertz CT molecular complexity index is 1200. The highest BCUT2D eigenvalue weighted by Crippen LogP contribution is 2.37. The molecule has 3 atom stereocenters. The molecular formula is C27H31IN2O8. The first-order valence-electron chi connectivity index (χ1n) is 11.9. The number of hydrogen-bond donors (Lipinski definition) is 3. The Kier molecular flexibility index (Phi) is 10.5. The summed E-state index contributed by atoms with van der Waals surface area (Å²) in [5.74, 6) is -0.218. The fourth-order valence-electron chi connectivity index (χ4n) is 4.11. The van der Waals surface area contributed by atoms with Gasteiger partial charge in [-0.3, -0.25) is 14.4 Å². The van der Waals surface area contributed by atoms with Crippen LogP contribution in [0.3, 0.4) is 0 Å². The number of furan rings is 1. The molecular weight excluding hydrogens is 607 g/mol. The summed E-state index contributed by atoms with van der Waals surface area (Å²) < 4.78 is 17.4. The Balaban J connectivity index is 2.05. The van der Waals surface area contributed by atoms with Gasteiger partial charge in [-0.15, -0.1) is 0 Å². The Morgan fingerprint density at radius 1 is 1.32 bits per heavy atom. The van der Waals surface area contributed by atoms with Gasteiger partial charge >= 0.3 is 0 Å². The van der Waals surface area contributed by atoms with Gasteiger partial charge in [-0.05, 0) is 60.7 Å². The summed E-state index contributed by atoms with van der Waals surface area (Å²) in [7, 11) is 1.43. The molecule has 0 spiro atoms. The largest absolute Gasteiger partial charge is 0.493 e. The number of amides is 2. The minimum Gasteiger partial charge on any atom is -0.493 e. The van der Waals surface area contributed by atoms with Gasteiger partial charge < -0.3 is 34.3 Å². The lowest BCUT2D eigenvalue weighted by molar-refractivity contribution is -0.134. The van der Waals surface area contributed by atoms with E-state index in [0.717, 1.165) is 5.57 Å². The van der Waals surface area contributed by atoms with Crippen LogP contribution in [-0.2, 0) is 16.1 Å². The van der Waals surface area contributed by atoms with Crippen LogP contribution in [0, 0.1) is 3.57 Å². The number of nitrogens with one attached hydrogen (secondary N) is 1. The number of aliphatic hydroxyl groups is 2. The standard InChI is InChI=1S/C27H31IN2O8/c1-16(2)8-24(33)30(13-17-4-7-37-15-17)21-11-19(27(35)29-5-6-31)12-22(25(21)34)38-26-20(28)9-18(14-32)10-23(26)36-3/h4,7-10,12,14-15,21-22,25,31,34H,5-6,11,13H2,1-3H3,(H,29,35)/t21-,22+,25+/m1/s1. The van der Waals surface area contributed by atoms with E-state index in [9.17, 15) is 19.5 Å². The number of ether oxygens (including phenoxy) is 2. The Labute approximate surface area is 234 Å². The van der Waals surface area contributed by atoms with Crippen molar-refractivity contribution in [3.63, 3.8) is 0 Å². The molecule has 0 radical (unpaired) electrons. The topological polar surface area (TPSA) is 139 Å². The van der Waals surface area contributed by atoms with Crippen LogP contribution in [-0.4, -0.2) is 71.7 Å². The summed E-state index contributed by atoms with van der Waals surface area (Å²) in [5, 5.41) is 23.3. The van der Waals surface area contributed by atoms with Crippen LogP contribution in [0.4, 0.5) is 0 Å². The molecule has 1 aliphatic carbocycles. The molecule has 2 amide bonds. The number of carbonyl (C=O) groups is 3. The number of rotatable bonds is 11. The van der Waals surface area contributed by atoms with E-state index in [1.807, 2.05) is 22.6 Å². The molecule has 11 heteroatoms. The quantitative estimate of drug-likeness (QED) is 0.194. The van der Waals surface area contributed by atoms with Gasteiger partial charge in [0, 0.05) is 42.3 Å². The van der Waals surface area contributed by atoms with Gasteiger partial charge in [0.05, 0.1) is 35.9 Å². The number of benzene rings is 1. The number of methoxy groups -OCH3 is 1. The van der Waals surface area contributed by atoms with Gasteiger partial charge in [0.25, 0.3) is 0 Å². The average Bonchev–Trinajstić information content (AvgIpc) is 3.40. The van der Waals surface area contributed by atoms with Crippen molar-refractivity contribution in [2.75, 3.05) is 20.3 Å². The normalized spacial score (nSPS) is 18.7.